The molecule has 0 aliphatic carbocycles. The number of carbonyl (C=O) groups is 1. The van der Waals surface area contributed by atoms with Crippen molar-refractivity contribution in [3.8, 4) is 0 Å². The Bertz CT molecular complexity index is 1680. The fraction of sp³-hybridized carbons (Fsp3) is 0.0385. The molecule has 0 fully saturated rings. The summed E-state index contributed by atoms with van der Waals surface area (Å²) >= 11 is 11.8. The van der Waals surface area contributed by atoms with Gasteiger partial charge in [-0.3, -0.25) is 10.2 Å². The zero-order valence-corrected chi connectivity index (χ0v) is 21.6. The van der Waals surface area contributed by atoms with Crippen LogP contribution in [-0.2, 0) is 21.4 Å². The molecule has 4 aromatic carbocycles. The largest absolute Gasteiger partial charge is 0.331 e. The van der Waals surface area contributed by atoms with E-state index in [1.54, 1.807) is 23.1 Å². The van der Waals surface area contributed by atoms with Gasteiger partial charge in [0.1, 0.15) is 0 Å². The summed E-state index contributed by atoms with van der Waals surface area (Å²) in [4.78, 5) is 15.1. The third kappa shape index (κ3) is 5.05. The smallest absolute Gasteiger partial charge is 0.279 e. The van der Waals surface area contributed by atoms with Crippen molar-refractivity contribution in [3.63, 3.8) is 0 Å². The minimum atomic E-state index is -3.80. The predicted octanol–water partition coefficient (Wildman–Crippen LogP) is 4.38. The van der Waals surface area contributed by atoms with Crippen LogP contribution < -0.4 is 20.8 Å². The molecule has 1 heterocycles. The molecule has 1 aliphatic heterocycles. The third-order valence-corrected chi connectivity index (χ3v) is 7.31. The first-order valence-corrected chi connectivity index (χ1v) is 13.4. The van der Waals surface area contributed by atoms with Crippen LogP contribution in [-0.4, -0.2) is 25.1 Å². The summed E-state index contributed by atoms with van der Waals surface area (Å²) in [7, 11) is -3.80. The van der Waals surface area contributed by atoms with Crippen LogP contribution in [0.1, 0.15) is 11.1 Å². The van der Waals surface area contributed by atoms with Gasteiger partial charge in [0.15, 0.2) is 10.8 Å². The summed E-state index contributed by atoms with van der Waals surface area (Å²) in [5.41, 5.74) is 5.54. The van der Waals surface area contributed by atoms with Gasteiger partial charge in [-0.05, 0) is 58.9 Å². The van der Waals surface area contributed by atoms with Crippen LogP contribution in [0.4, 0.5) is 11.4 Å². The van der Waals surface area contributed by atoms with E-state index in [0.29, 0.717) is 28.5 Å². The van der Waals surface area contributed by atoms with E-state index in [0.717, 1.165) is 16.3 Å². The van der Waals surface area contributed by atoms with Crippen molar-refractivity contribution in [1.82, 2.24) is 5.43 Å². The normalized spacial score (nSPS) is 14.2. The number of hydrazone groups is 1. The van der Waals surface area contributed by atoms with Gasteiger partial charge in [-0.1, -0.05) is 66.2 Å². The number of sulfonamides is 1. The molecule has 0 saturated carbocycles. The molecule has 0 radical (unpaired) electrons. The number of anilines is 2. The first-order valence-electron chi connectivity index (χ1n) is 11.1. The number of para-hydroxylation sites is 1. The van der Waals surface area contributed by atoms with Gasteiger partial charge in [0.2, 0.25) is 10.0 Å². The van der Waals surface area contributed by atoms with Crippen LogP contribution in [0.15, 0.2) is 94.9 Å². The molecule has 0 atom stereocenters. The molecule has 0 bridgehead atoms. The molecule has 11 heteroatoms. The summed E-state index contributed by atoms with van der Waals surface area (Å²) in [5.74, 6) is -0.316. The van der Waals surface area contributed by atoms with Crippen molar-refractivity contribution in [3.05, 3.63) is 101 Å². The second-order valence-electron chi connectivity index (χ2n) is 8.26. The zero-order chi connectivity index (χ0) is 26.2. The van der Waals surface area contributed by atoms with Gasteiger partial charge in [0.05, 0.1) is 22.2 Å². The van der Waals surface area contributed by atoms with E-state index in [1.165, 1.54) is 24.3 Å². The lowest BCUT2D eigenvalue weighted by Crippen LogP contribution is -2.32. The second-order valence-corrected chi connectivity index (χ2v) is 10.6. The average molecular weight is 550 g/mol. The molecule has 186 valence electrons. The summed E-state index contributed by atoms with van der Waals surface area (Å²) in [6.45, 7) is 0.315. The monoisotopic (exact) mass is 549 g/mol. The molecule has 1 amide bonds. The molecular weight excluding hydrogens is 530 g/mol. The highest BCUT2D eigenvalue weighted by Gasteiger charge is 2.36. The molecule has 0 saturated heterocycles. The lowest BCUT2D eigenvalue weighted by Gasteiger charge is -2.19. The number of halogens is 1. The number of benzene rings is 4. The quantitative estimate of drug-likeness (QED) is 0.251. The van der Waals surface area contributed by atoms with Crippen LogP contribution in [0.3, 0.4) is 0 Å². The number of carbonyl (C=O) groups excluding carboxylic acids is 1. The van der Waals surface area contributed by atoms with Crippen molar-refractivity contribution in [2.24, 2.45) is 10.2 Å². The number of fused-ring (bicyclic) bond motifs is 2. The van der Waals surface area contributed by atoms with Crippen LogP contribution in [0, 0.1) is 0 Å². The van der Waals surface area contributed by atoms with Crippen molar-refractivity contribution in [2.75, 3.05) is 10.2 Å². The fourth-order valence-corrected chi connectivity index (χ4v) is 5.13. The number of hydrogen-bond donors (Lipinski definition) is 3. The maximum Gasteiger partial charge on any atom is 0.279 e. The van der Waals surface area contributed by atoms with Crippen LogP contribution >= 0.6 is 23.8 Å². The molecule has 37 heavy (non-hydrogen) atoms. The number of hydrogen-bond acceptors (Lipinski definition) is 5. The molecule has 0 spiro atoms. The molecular formula is C26H20ClN5O3S2. The predicted molar refractivity (Wildman–Crippen MR) is 150 cm³/mol. The van der Waals surface area contributed by atoms with E-state index in [9.17, 15) is 13.2 Å². The SMILES string of the molecule is NS(=O)(=O)c1ccc(NC(=S)NN=C2C(=O)N(Cc3cccc4ccccc34)c3c(Cl)cccc32)cc1. The van der Waals surface area contributed by atoms with Gasteiger partial charge in [-0.15, -0.1) is 0 Å². The van der Waals surface area contributed by atoms with Gasteiger partial charge in [-0.2, -0.15) is 5.10 Å². The summed E-state index contributed by atoms with van der Waals surface area (Å²) in [6, 6.07) is 25.0. The maximum atomic E-state index is 13.5. The molecule has 1 aliphatic rings. The van der Waals surface area contributed by atoms with Crippen LogP contribution in [0.2, 0.25) is 5.02 Å². The lowest BCUT2D eigenvalue weighted by molar-refractivity contribution is -0.112. The molecule has 0 aromatic heterocycles. The van der Waals surface area contributed by atoms with Crippen LogP contribution in [0.5, 0.6) is 0 Å². The molecule has 5 rings (SSSR count). The number of nitrogens with one attached hydrogen (secondary N) is 2. The Morgan fingerprint density at radius 1 is 0.973 bits per heavy atom. The number of thiocarbonyl (C=S) groups is 1. The highest BCUT2D eigenvalue weighted by atomic mass is 35.5. The molecule has 8 nitrogen and oxygen atoms in total. The Morgan fingerprint density at radius 3 is 2.43 bits per heavy atom. The highest BCUT2D eigenvalue weighted by molar-refractivity contribution is 7.89. The third-order valence-electron chi connectivity index (χ3n) is 5.88. The standard InChI is InChI=1S/C26H20ClN5O3S2/c27-22-10-4-9-21-23(30-31-26(36)29-18-11-13-19(14-12-18)37(28,34)35)25(33)32(24(21)22)15-17-7-3-6-16-5-1-2-8-20(16)17/h1-14H,15H2,(H2,28,34,35)(H2,29,31,36). The van der Waals surface area contributed by atoms with Crippen molar-refractivity contribution >= 4 is 72.7 Å². The highest BCUT2D eigenvalue weighted by Crippen LogP contribution is 2.37. The van der Waals surface area contributed by atoms with E-state index >= 15 is 0 Å². The van der Waals surface area contributed by atoms with Gasteiger partial charge < -0.3 is 10.2 Å². The Hall–Kier alpha value is -3.83. The van der Waals surface area contributed by atoms with E-state index in [-0.39, 0.29) is 21.6 Å². The summed E-state index contributed by atoms with van der Waals surface area (Å²) < 4.78 is 22.9. The summed E-state index contributed by atoms with van der Waals surface area (Å²) in [5, 5.41) is 15.0. The number of amides is 1. The number of nitrogens with zero attached hydrogens (tertiary/aromatic N) is 2. The van der Waals surface area contributed by atoms with Crippen molar-refractivity contribution < 1.29 is 13.2 Å². The Balaban J connectivity index is 1.39. The molecule has 0 unspecified atom stereocenters. The Labute approximate surface area is 223 Å². The maximum absolute atomic E-state index is 13.5. The molecule has 4 aromatic rings. The minimum absolute atomic E-state index is 0.0199. The first kappa shape index (κ1) is 24.8. The second kappa shape index (κ2) is 9.91. The topological polar surface area (TPSA) is 117 Å². The number of rotatable bonds is 5. The average Bonchev–Trinajstić information content (AvgIpc) is 3.14. The number of primary sulfonamides is 1. The van der Waals surface area contributed by atoms with E-state index in [2.05, 4.69) is 15.8 Å². The van der Waals surface area contributed by atoms with Crippen molar-refractivity contribution in [1.29, 1.82) is 0 Å². The number of nitrogens with two attached hydrogens (primary N) is 1. The first-order chi connectivity index (χ1) is 17.7. The van der Waals surface area contributed by atoms with Gasteiger partial charge >= 0.3 is 0 Å². The van der Waals surface area contributed by atoms with Gasteiger partial charge in [-0.25, -0.2) is 13.6 Å². The zero-order valence-electron chi connectivity index (χ0n) is 19.2. The van der Waals surface area contributed by atoms with Crippen LogP contribution in [0.25, 0.3) is 10.8 Å². The van der Waals surface area contributed by atoms with Crippen molar-refractivity contribution in [2.45, 2.75) is 11.4 Å². The Morgan fingerprint density at radius 2 is 1.68 bits per heavy atom. The minimum Gasteiger partial charge on any atom is -0.331 e. The molecule has 4 N–H and O–H groups in total. The lowest BCUT2D eigenvalue weighted by atomic mass is 10.0. The Kier molecular flexibility index (Phi) is 6.65. The summed E-state index contributed by atoms with van der Waals surface area (Å²) in [6.07, 6.45) is 0. The van der Waals surface area contributed by atoms with E-state index < -0.39 is 10.0 Å². The van der Waals surface area contributed by atoms with Gasteiger partial charge in [0.25, 0.3) is 5.91 Å². The van der Waals surface area contributed by atoms with Gasteiger partial charge in [0, 0.05) is 11.3 Å². The fourth-order valence-electron chi connectivity index (χ4n) is 4.18. The van der Waals surface area contributed by atoms with E-state index in [4.69, 9.17) is 29.0 Å². The van der Waals surface area contributed by atoms with E-state index in [1.807, 2.05) is 42.5 Å².